The minimum absolute atomic E-state index is 0.333. The van der Waals surface area contributed by atoms with Gasteiger partial charge in [0.1, 0.15) is 0 Å². The van der Waals surface area contributed by atoms with Crippen molar-refractivity contribution < 1.29 is 9.53 Å². The summed E-state index contributed by atoms with van der Waals surface area (Å²) in [4.78, 5) is 14.1. The lowest BCUT2D eigenvalue weighted by atomic mass is 10.3. The molecule has 3 heteroatoms. The van der Waals surface area contributed by atoms with Gasteiger partial charge in [0.15, 0.2) is 0 Å². The Balaban J connectivity index is 3.96. The van der Waals surface area contributed by atoms with Gasteiger partial charge in [-0.25, -0.2) is 11.4 Å². The molecule has 0 aromatic heterocycles. The summed E-state index contributed by atoms with van der Waals surface area (Å²) in [6, 6.07) is 0. The summed E-state index contributed by atoms with van der Waals surface area (Å²) in [5.41, 5.74) is 0.333. The van der Waals surface area contributed by atoms with Gasteiger partial charge in [-0.1, -0.05) is 13.5 Å². The maximum Gasteiger partial charge on any atom is 0.368 e. The fraction of sp³-hybridized carbons (Fsp3) is 0.556. The molecule has 0 rings (SSSR count). The van der Waals surface area contributed by atoms with Crippen molar-refractivity contribution in [1.82, 2.24) is 0 Å². The van der Waals surface area contributed by atoms with Crippen molar-refractivity contribution in [3.63, 3.8) is 0 Å². The predicted molar refractivity (Wildman–Crippen MR) is 46.2 cm³/mol. The Morgan fingerprint density at radius 1 is 1.75 bits per heavy atom. The van der Waals surface area contributed by atoms with Crippen molar-refractivity contribution in [2.24, 2.45) is 0 Å². The van der Waals surface area contributed by atoms with Gasteiger partial charge in [-0.2, -0.15) is 0 Å². The van der Waals surface area contributed by atoms with E-state index in [1.54, 1.807) is 6.92 Å². The fourth-order valence-corrected chi connectivity index (χ4v) is 0.621. The summed E-state index contributed by atoms with van der Waals surface area (Å²) in [7, 11) is 0. The molecule has 66 valence electrons. The SMILES string of the molecule is [C-]#[N+]C(CCC)OC(=O)C(=C)C. The second kappa shape index (κ2) is 5.36. The largest absolute Gasteiger partial charge is 0.388 e. The van der Waals surface area contributed by atoms with Crippen LogP contribution in [0.2, 0.25) is 0 Å². The number of carbonyl (C=O) groups excluding carboxylic acids is 1. The molecule has 0 bridgehead atoms. The van der Waals surface area contributed by atoms with Crippen molar-refractivity contribution in [1.29, 1.82) is 0 Å². The van der Waals surface area contributed by atoms with Gasteiger partial charge in [0.05, 0.1) is 6.42 Å². The van der Waals surface area contributed by atoms with Crippen molar-refractivity contribution in [3.8, 4) is 0 Å². The van der Waals surface area contributed by atoms with E-state index in [1.807, 2.05) is 6.92 Å². The summed E-state index contributed by atoms with van der Waals surface area (Å²) >= 11 is 0. The highest BCUT2D eigenvalue weighted by molar-refractivity contribution is 5.87. The van der Waals surface area contributed by atoms with E-state index >= 15 is 0 Å². The first-order valence-electron chi connectivity index (χ1n) is 3.84. The molecule has 0 spiro atoms. The molecular formula is C9H13NO2. The minimum Gasteiger partial charge on any atom is -0.388 e. The second-order valence-electron chi connectivity index (χ2n) is 2.56. The predicted octanol–water partition coefficient (Wildman–Crippen LogP) is 2.15. The van der Waals surface area contributed by atoms with Crippen LogP contribution in [0.1, 0.15) is 26.7 Å². The third-order valence-corrected chi connectivity index (χ3v) is 1.27. The summed E-state index contributed by atoms with van der Waals surface area (Å²) in [6.45, 7) is 13.6. The lowest BCUT2D eigenvalue weighted by Crippen LogP contribution is -2.14. The van der Waals surface area contributed by atoms with Gasteiger partial charge in [-0.05, 0) is 13.3 Å². The average molecular weight is 167 g/mol. The summed E-state index contributed by atoms with van der Waals surface area (Å²) in [5.74, 6) is -0.482. The van der Waals surface area contributed by atoms with Gasteiger partial charge in [0, 0.05) is 5.57 Å². The first-order valence-corrected chi connectivity index (χ1v) is 3.84. The van der Waals surface area contributed by atoms with E-state index in [4.69, 9.17) is 11.3 Å². The van der Waals surface area contributed by atoms with E-state index in [0.717, 1.165) is 6.42 Å². The van der Waals surface area contributed by atoms with Crippen LogP contribution in [0.3, 0.4) is 0 Å². The highest BCUT2D eigenvalue weighted by Crippen LogP contribution is 2.06. The number of hydrogen-bond acceptors (Lipinski definition) is 2. The molecule has 0 aliphatic heterocycles. The van der Waals surface area contributed by atoms with Gasteiger partial charge < -0.3 is 4.74 Å². The zero-order valence-electron chi connectivity index (χ0n) is 7.46. The van der Waals surface area contributed by atoms with E-state index < -0.39 is 12.2 Å². The standard InChI is InChI=1S/C9H13NO2/c1-5-6-8(10-4)12-9(11)7(2)3/h8H,2,5-6H2,1,3H3. The molecule has 1 unspecified atom stereocenters. The maximum atomic E-state index is 10.9. The Hall–Kier alpha value is -1.30. The molecule has 0 saturated heterocycles. The number of esters is 1. The van der Waals surface area contributed by atoms with E-state index in [0.29, 0.717) is 12.0 Å². The average Bonchev–Trinajstić information content (AvgIpc) is 2.03. The minimum atomic E-state index is -0.640. The first-order chi connectivity index (χ1) is 5.61. The summed E-state index contributed by atoms with van der Waals surface area (Å²) < 4.78 is 4.81. The van der Waals surface area contributed by atoms with Gasteiger partial charge >= 0.3 is 12.2 Å². The summed E-state index contributed by atoms with van der Waals surface area (Å²) in [6.07, 6.45) is 0.776. The van der Waals surface area contributed by atoms with E-state index in [1.165, 1.54) is 0 Å². The zero-order chi connectivity index (χ0) is 9.56. The quantitative estimate of drug-likeness (QED) is 0.365. The summed E-state index contributed by atoms with van der Waals surface area (Å²) in [5, 5.41) is 0. The molecule has 0 aromatic rings. The van der Waals surface area contributed by atoms with Crippen LogP contribution in [0.4, 0.5) is 0 Å². The van der Waals surface area contributed by atoms with Crippen molar-refractivity contribution in [3.05, 3.63) is 23.6 Å². The molecule has 0 saturated carbocycles. The molecule has 0 aromatic carbocycles. The van der Waals surface area contributed by atoms with Crippen LogP contribution in [0.5, 0.6) is 0 Å². The lowest BCUT2D eigenvalue weighted by molar-refractivity contribution is -0.142. The Morgan fingerprint density at radius 2 is 2.33 bits per heavy atom. The Morgan fingerprint density at radius 3 is 2.67 bits per heavy atom. The van der Waals surface area contributed by atoms with Gasteiger partial charge in [0.25, 0.3) is 0 Å². The molecular weight excluding hydrogens is 154 g/mol. The lowest BCUT2D eigenvalue weighted by Gasteiger charge is -2.04. The van der Waals surface area contributed by atoms with Crippen molar-refractivity contribution in [2.45, 2.75) is 32.9 Å². The molecule has 0 fully saturated rings. The molecule has 3 nitrogen and oxygen atoms in total. The highest BCUT2D eigenvalue weighted by Gasteiger charge is 2.16. The highest BCUT2D eigenvalue weighted by atomic mass is 16.6. The van der Waals surface area contributed by atoms with E-state index in [9.17, 15) is 4.79 Å². The third kappa shape index (κ3) is 3.77. The van der Waals surface area contributed by atoms with E-state index in [2.05, 4.69) is 11.4 Å². The Kier molecular flexibility index (Phi) is 4.78. The normalized spacial score (nSPS) is 11.4. The van der Waals surface area contributed by atoms with Crippen LogP contribution in [0.15, 0.2) is 12.2 Å². The monoisotopic (exact) mass is 167 g/mol. The van der Waals surface area contributed by atoms with Crippen LogP contribution >= 0.6 is 0 Å². The zero-order valence-corrected chi connectivity index (χ0v) is 7.46. The van der Waals surface area contributed by atoms with Crippen molar-refractivity contribution >= 4 is 5.97 Å². The number of ether oxygens (including phenoxy) is 1. The molecule has 1 atom stereocenters. The molecule has 12 heavy (non-hydrogen) atoms. The van der Waals surface area contributed by atoms with Crippen LogP contribution < -0.4 is 0 Å². The molecule has 0 aliphatic rings. The van der Waals surface area contributed by atoms with Gasteiger partial charge in [-0.15, -0.1) is 0 Å². The molecule has 0 heterocycles. The third-order valence-electron chi connectivity index (χ3n) is 1.27. The first kappa shape index (κ1) is 10.7. The number of nitrogens with zero attached hydrogens (tertiary/aromatic N) is 1. The molecule has 0 aliphatic carbocycles. The van der Waals surface area contributed by atoms with E-state index in [-0.39, 0.29) is 0 Å². The number of hydrogen-bond donors (Lipinski definition) is 0. The van der Waals surface area contributed by atoms with Crippen molar-refractivity contribution in [2.75, 3.05) is 0 Å². The smallest absolute Gasteiger partial charge is 0.368 e. The maximum absolute atomic E-state index is 10.9. The number of carbonyl (C=O) groups is 1. The van der Waals surface area contributed by atoms with Gasteiger partial charge in [0.2, 0.25) is 0 Å². The van der Waals surface area contributed by atoms with Crippen LogP contribution in [0.25, 0.3) is 4.85 Å². The van der Waals surface area contributed by atoms with Gasteiger partial charge in [-0.3, -0.25) is 4.85 Å². The van der Waals surface area contributed by atoms with Crippen LogP contribution in [0, 0.1) is 6.57 Å². The Labute approximate surface area is 72.8 Å². The number of rotatable bonds is 4. The van der Waals surface area contributed by atoms with Crippen LogP contribution in [-0.4, -0.2) is 12.2 Å². The molecule has 0 N–H and O–H groups in total. The van der Waals surface area contributed by atoms with Crippen LogP contribution in [-0.2, 0) is 9.53 Å². The molecule has 0 radical (unpaired) electrons. The fourth-order valence-electron chi connectivity index (χ4n) is 0.621. The molecule has 0 amide bonds. The Bertz CT molecular complexity index is 215. The topological polar surface area (TPSA) is 30.7 Å². The second-order valence-corrected chi connectivity index (χ2v) is 2.56.